The van der Waals surface area contributed by atoms with Crippen molar-refractivity contribution in [1.82, 2.24) is 15.3 Å². The number of carbonyl (C=O) groups is 3. The number of nitrogens with two attached hydrogens (primary N) is 1. The number of hydrogen-bond donors (Lipinski definition) is 6. The molecule has 0 saturated heterocycles. The van der Waals surface area contributed by atoms with Crippen molar-refractivity contribution in [1.29, 1.82) is 0 Å². The second-order valence-electron chi connectivity index (χ2n) is 22.4. The zero-order valence-corrected chi connectivity index (χ0v) is 49.2. The third-order valence-corrected chi connectivity index (χ3v) is 14.3. The van der Waals surface area contributed by atoms with Crippen LogP contribution >= 0.6 is 0 Å². The molecule has 0 bridgehead atoms. The first-order valence-electron chi connectivity index (χ1n) is 28.0. The summed E-state index contributed by atoms with van der Waals surface area (Å²) in [6.45, 7) is 9.99. The Labute approximate surface area is 497 Å². The number of aliphatic hydroxyl groups excluding tert-OH is 2. The maximum Gasteiger partial charge on any atom is 0.410 e. The van der Waals surface area contributed by atoms with Gasteiger partial charge in [-0.05, 0) is 157 Å². The smallest absolute Gasteiger partial charge is 0.410 e. The van der Waals surface area contributed by atoms with Gasteiger partial charge in [0, 0.05) is 59.1 Å². The van der Waals surface area contributed by atoms with Crippen molar-refractivity contribution < 1.29 is 76.7 Å². The molecule has 5 aromatic carbocycles. The van der Waals surface area contributed by atoms with Crippen molar-refractivity contribution in [2.45, 2.75) is 122 Å². The lowest BCUT2D eigenvalue weighted by Crippen LogP contribution is -2.50. The average Bonchev–Trinajstić information content (AvgIpc) is 1.74. The second-order valence-corrected chi connectivity index (χ2v) is 22.4. The van der Waals surface area contributed by atoms with Crippen LogP contribution in [0.5, 0.6) is 34.5 Å². The summed E-state index contributed by atoms with van der Waals surface area (Å²) >= 11 is 0. The Morgan fingerprint density at radius 2 is 1.08 bits per heavy atom. The first kappa shape index (κ1) is 63.5. The molecule has 7 N–H and O–H groups in total. The van der Waals surface area contributed by atoms with Crippen molar-refractivity contribution in [3.8, 4) is 57.0 Å². The van der Waals surface area contributed by atoms with E-state index < -0.39 is 46.8 Å². The number of nitrogens with one attached hydrogen (secondary N) is 1. The molecule has 86 heavy (non-hydrogen) atoms. The first-order valence-corrected chi connectivity index (χ1v) is 28.0. The van der Waals surface area contributed by atoms with Crippen molar-refractivity contribution in [2.24, 2.45) is 5.73 Å². The molecule has 1 amide bonds. The molecule has 18 nitrogen and oxygen atoms in total. The largest absolute Gasteiger partial charge is 0.493 e. The Balaban J connectivity index is 0.000000230. The molecule has 0 fully saturated rings. The van der Waals surface area contributed by atoms with Crippen molar-refractivity contribution in [3.63, 3.8) is 0 Å². The van der Waals surface area contributed by atoms with E-state index in [1.54, 1.807) is 108 Å². The van der Waals surface area contributed by atoms with E-state index in [2.05, 4.69) is 10.3 Å². The van der Waals surface area contributed by atoms with Gasteiger partial charge < -0.3 is 53.6 Å². The molecule has 2 aliphatic rings. The lowest BCUT2D eigenvalue weighted by atomic mass is 9.90. The maximum absolute atomic E-state index is 13.8. The standard InChI is InChI=1S/C37H39FN2O8.C29H33FN2O6/c1-23(41)21-46-31-15-12-26(19-32(31)45-4)30(42)16-17-36(2,44)34-33-27(18-29(39-34)25-10-13-28(38)14-11-25)20-37(3,48-33)40-35(43)47-22-24-8-6-5-7-9-24;1-17(33)16-37-24-10-7-19(14-25(24)36-4)23(34)11-12-28(2,35)27-26-20(15-29(3,31)38-26)13-22(32-27)18-5-8-21(30)9-6-18/h5-15,18-19,23,41,44H,16-17,20-22H2,1-4H3,(H,40,43);5-10,13-14,17,33,35H,11-12,15-16,31H2,1-4H3/t23-,36?,37?;17-,28?,29?/m11/s1. The van der Waals surface area contributed by atoms with Crippen LogP contribution in [0.1, 0.15) is 116 Å². The fourth-order valence-corrected chi connectivity index (χ4v) is 9.83. The first-order chi connectivity index (χ1) is 40.7. The number of methoxy groups -OCH3 is 2. The molecule has 0 radical (unpaired) electrons. The van der Waals surface area contributed by atoms with Crippen molar-refractivity contribution in [2.75, 3.05) is 27.4 Å². The van der Waals surface area contributed by atoms with Gasteiger partial charge in [0.25, 0.3) is 0 Å². The van der Waals surface area contributed by atoms with Gasteiger partial charge in [0.2, 0.25) is 0 Å². The summed E-state index contributed by atoms with van der Waals surface area (Å²) in [6.07, 6.45) is -1.38. The number of aliphatic hydroxyl groups is 4. The maximum atomic E-state index is 13.8. The summed E-state index contributed by atoms with van der Waals surface area (Å²) in [5.74, 6) is 0.958. The molecule has 2 aliphatic heterocycles. The number of fused-ring (bicyclic) bond motifs is 2. The van der Waals surface area contributed by atoms with E-state index in [0.717, 1.165) is 11.1 Å². The Bertz CT molecular complexity index is 3540. The normalized spacial score (nSPS) is 17.8. The molecular weight excluding hydrogens is 1110 g/mol. The number of ether oxygens (including phenoxy) is 7. The van der Waals surface area contributed by atoms with Crippen LogP contribution < -0.4 is 39.5 Å². The van der Waals surface area contributed by atoms with Crippen LogP contribution in [0.15, 0.2) is 127 Å². The van der Waals surface area contributed by atoms with Gasteiger partial charge in [-0.25, -0.2) is 23.5 Å². The van der Waals surface area contributed by atoms with Gasteiger partial charge in [-0.15, -0.1) is 0 Å². The summed E-state index contributed by atoms with van der Waals surface area (Å²) in [4.78, 5) is 48.6. The van der Waals surface area contributed by atoms with Crippen LogP contribution in [0.25, 0.3) is 22.5 Å². The molecule has 20 heteroatoms. The van der Waals surface area contributed by atoms with Crippen LogP contribution in [0.3, 0.4) is 0 Å². The van der Waals surface area contributed by atoms with E-state index >= 15 is 0 Å². The van der Waals surface area contributed by atoms with Gasteiger partial charge in [-0.2, -0.15) is 0 Å². The number of aromatic nitrogens is 2. The summed E-state index contributed by atoms with van der Waals surface area (Å²) in [5, 5.41) is 45.2. The fourth-order valence-electron chi connectivity index (χ4n) is 9.83. The molecular formula is C66H72F2N4O14. The number of ketones is 2. The summed E-state index contributed by atoms with van der Waals surface area (Å²) in [6, 6.07) is 34.2. The summed E-state index contributed by atoms with van der Waals surface area (Å²) in [7, 11) is 2.92. The second kappa shape index (κ2) is 26.8. The SMILES string of the molecule is COc1cc(C(=O)CCC(C)(O)c2nc(-c3ccc(F)cc3)cc3c2OC(C)(N)C3)ccc1OC[C@@H](C)O.COc1cc(C(=O)CCC(C)(O)c2nc(-c3ccc(F)cc3)cc3c2OC(C)(NC(=O)OCc2ccccc2)C3)ccc1OC[C@@H](C)O. The van der Waals surface area contributed by atoms with E-state index in [0.29, 0.717) is 74.4 Å². The topological polar surface area (TPSA) is 261 Å². The van der Waals surface area contributed by atoms with Gasteiger partial charge in [-0.1, -0.05) is 30.3 Å². The molecule has 2 aromatic heterocycles. The van der Waals surface area contributed by atoms with E-state index in [-0.39, 0.29) is 86.4 Å². The molecule has 6 atom stereocenters. The Morgan fingerprint density at radius 3 is 1.52 bits per heavy atom. The molecule has 4 unspecified atom stereocenters. The summed E-state index contributed by atoms with van der Waals surface area (Å²) in [5.41, 5.74) is 6.64. The molecule has 9 rings (SSSR count). The number of hydrogen-bond acceptors (Lipinski definition) is 17. The number of pyridine rings is 2. The lowest BCUT2D eigenvalue weighted by Gasteiger charge is -2.28. The number of amides is 1. The van der Waals surface area contributed by atoms with E-state index in [4.69, 9.17) is 43.9 Å². The zero-order valence-electron chi connectivity index (χ0n) is 49.2. The zero-order chi connectivity index (χ0) is 62.1. The number of nitrogens with zero attached hydrogens (tertiary/aromatic N) is 2. The minimum Gasteiger partial charge on any atom is -0.493 e. The van der Waals surface area contributed by atoms with Crippen LogP contribution in [0.2, 0.25) is 0 Å². The molecule has 454 valence electrons. The van der Waals surface area contributed by atoms with E-state index in [1.807, 2.05) is 36.4 Å². The van der Waals surface area contributed by atoms with E-state index in [9.17, 15) is 43.6 Å². The molecule has 0 aliphatic carbocycles. The van der Waals surface area contributed by atoms with Gasteiger partial charge in [0.05, 0.1) is 37.8 Å². The van der Waals surface area contributed by atoms with Gasteiger partial charge >= 0.3 is 6.09 Å². The highest BCUT2D eigenvalue weighted by Gasteiger charge is 2.43. The highest BCUT2D eigenvalue weighted by Crippen LogP contribution is 2.45. The molecule has 0 saturated carbocycles. The minimum absolute atomic E-state index is 0.0150. The quantitative estimate of drug-likeness (QED) is 0.0325. The number of rotatable bonds is 23. The third kappa shape index (κ3) is 16.1. The molecule has 7 aromatic rings. The summed E-state index contributed by atoms with van der Waals surface area (Å²) < 4.78 is 66.7. The van der Waals surface area contributed by atoms with Gasteiger partial charge in [-0.3, -0.25) is 20.6 Å². The number of benzene rings is 5. The Hall–Kier alpha value is -8.53. The molecule has 4 heterocycles. The minimum atomic E-state index is -1.65. The number of halogens is 2. The monoisotopic (exact) mass is 1180 g/mol. The van der Waals surface area contributed by atoms with Crippen LogP contribution in [0, 0.1) is 11.6 Å². The van der Waals surface area contributed by atoms with Crippen LogP contribution in [-0.2, 0) is 35.4 Å². The highest BCUT2D eigenvalue weighted by atomic mass is 19.1. The number of alkyl carbamates (subject to hydrolysis) is 1. The third-order valence-electron chi connectivity index (χ3n) is 14.3. The Morgan fingerprint density at radius 1 is 0.640 bits per heavy atom. The fraction of sp³-hybridized carbons (Fsp3) is 0.348. The van der Waals surface area contributed by atoms with E-state index in [1.165, 1.54) is 38.5 Å². The van der Waals surface area contributed by atoms with Gasteiger partial charge in [0.1, 0.15) is 59.8 Å². The lowest BCUT2D eigenvalue weighted by molar-refractivity contribution is 0.0269. The predicted octanol–water partition coefficient (Wildman–Crippen LogP) is 10.2. The van der Waals surface area contributed by atoms with Crippen LogP contribution in [0.4, 0.5) is 13.6 Å². The van der Waals surface area contributed by atoms with Gasteiger partial charge in [0.15, 0.2) is 51.8 Å². The average molecular weight is 1180 g/mol. The molecule has 0 spiro atoms. The number of Topliss-reactive ketones (excluding diaryl/α,β-unsaturated/α-hetero) is 2. The van der Waals surface area contributed by atoms with Crippen molar-refractivity contribution in [3.05, 3.63) is 178 Å². The Kier molecular flexibility index (Phi) is 19.8. The predicted molar refractivity (Wildman–Crippen MR) is 315 cm³/mol. The highest BCUT2D eigenvalue weighted by molar-refractivity contribution is 5.97. The van der Waals surface area contributed by atoms with Crippen molar-refractivity contribution >= 4 is 17.7 Å². The van der Waals surface area contributed by atoms with Crippen LogP contribution in [-0.4, -0.2) is 99.1 Å². The number of carbonyl (C=O) groups excluding carboxylic acids is 3.